The normalized spacial score (nSPS) is 11.2. The van der Waals surface area contributed by atoms with Gasteiger partial charge in [0.15, 0.2) is 0 Å². The van der Waals surface area contributed by atoms with Crippen LogP contribution in [0.15, 0.2) is 18.2 Å². The van der Waals surface area contributed by atoms with E-state index in [0.29, 0.717) is 24.3 Å². The van der Waals surface area contributed by atoms with Gasteiger partial charge in [-0.1, -0.05) is 27.7 Å². The van der Waals surface area contributed by atoms with Gasteiger partial charge in [-0.3, -0.25) is 0 Å². The number of amides is 2. The van der Waals surface area contributed by atoms with Gasteiger partial charge in [-0.25, -0.2) is 13.6 Å². The summed E-state index contributed by atoms with van der Waals surface area (Å²) < 4.78 is 26.1. The number of urea groups is 1. The number of halogens is 2. The van der Waals surface area contributed by atoms with Gasteiger partial charge in [0.25, 0.3) is 0 Å². The zero-order valence-electron chi connectivity index (χ0n) is 12.3. The van der Waals surface area contributed by atoms with Crippen molar-refractivity contribution in [3.05, 3.63) is 29.8 Å². The lowest BCUT2D eigenvalue weighted by molar-refractivity contribution is 0.239. The summed E-state index contributed by atoms with van der Waals surface area (Å²) >= 11 is 0. The van der Waals surface area contributed by atoms with E-state index in [9.17, 15) is 13.6 Å². The molecule has 20 heavy (non-hydrogen) atoms. The highest BCUT2D eigenvalue weighted by Crippen LogP contribution is 2.19. The summed E-state index contributed by atoms with van der Waals surface area (Å²) in [7, 11) is 0. The maximum Gasteiger partial charge on any atom is 0.319 e. The van der Waals surface area contributed by atoms with E-state index in [2.05, 4.69) is 38.3 Å². The molecule has 1 aromatic rings. The standard InChI is InChI=1S/C15H22F2N2O/c1-9(2)12(10(3)4)8-18-15(20)19-14-6-5-11(16)7-13(14)17/h5-7,9-10,12H,8H2,1-4H3,(H2,18,19,20). The first kappa shape index (κ1) is 16.4. The van der Waals surface area contributed by atoms with Gasteiger partial charge in [0, 0.05) is 12.6 Å². The van der Waals surface area contributed by atoms with Gasteiger partial charge >= 0.3 is 6.03 Å². The van der Waals surface area contributed by atoms with Gasteiger partial charge in [0.05, 0.1) is 5.69 Å². The highest BCUT2D eigenvalue weighted by Gasteiger charge is 2.18. The SMILES string of the molecule is CC(C)C(CNC(=O)Nc1ccc(F)cc1F)C(C)C. The molecule has 0 radical (unpaired) electrons. The van der Waals surface area contributed by atoms with Gasteiger partial charge in [0.1, 0.15) is 11.6 Å². The molecule has 2 amide bonds. The maximum absolute atomic E-state index is 13.4. The molecule has 0 aromatic heterocycles. The quantitative estimate of drug-likeness (QED) is 0.842. The number of carbonyl (C=O) groups is 1. The minimum Gasteiger partial charge on any atom is -0.338 e. The van der Waals surface area contributed by atoms with Crippen molar-refractivity contribution in [2.45, 2.75) is 27.7 Å². The number of anilines is 1. The van der Waals surface area contributed by atoms with Crippen molar-refractivity contribution in [2.24, 2.45) is 17.8 Å². The van der Waals surface area contributed by atoms with Gasteiger partial charge in [-0.05, 0) is 29.9 Å². The predicted molar refractivity (Wildman–Crippen MR) is 76.5 cm³/mol. The molecule has 0 aliphatic rings. The fraction of sp³-hybridized carbons (Fsp3) is 0.533. The molecular formula is C15H22F2N2O. The van der Waals surface area contributed by atoms with Crippen molar-refractivity contribution >= 4 is 11.7 Å². The third kappa shape index (κ3) is 4.79. The molecule has 0 bridgehead atoms. The van der Waals surface area contributed by atoms with E-state index in [0.717, 1.165) is 12.1 Å². The minimum absolute atomic E-state index is 0.0328. The van der Waals surface area contributed by atoms with Crippen LogP contribution in [-0.4, -0.2) is 12.6 Å². The third-order valence-corrected chi connectivity index (χ3v) is 3.39. The van der Waals surface area contributed by atoms with Crippen LogP contribution in [0.1, 0.15) is 27.7 Å². The van der Waals surface area contributed by atoms with Crippen LogP contribution in [-0.2, 0) is 0 Å². The molecule has 5 heteroatoms. The first-order valence-electron chi connectivity index (χ1n) is 6.81. The highest BCUT2D eigenvalue weighted by molar-refractivity contribution is 5.89. The van der Waals surface area contributed by atoms with Gasteiger partial charge in [-0.2, -0.15) is 0 Å². The van der Waals surface area contributed by atoms with Gasteiger partial charge < -0.3 is 10.6 Å². The van der Waals surface area contributed by atoms with Crippen LogP contribution in [0.2, 0.25) is 0 Å². The lowest BCUT2D eigenvalue weighted by atomic mass is 9.85. The van der Waals surface area contributed by atoms with E-state index in [-0.39, 0.29) is 5.69 Å². The average molecular weight is 284 g/mol. The Morgan fingerprint density at radius 2 is 1.75 bits per heavy atom. The Labute approximate surface area is 118 Å². The number of hydrogen-bond donors (Lipinski definition) is 2. The molecular weight excluding hydrogens is 262 g/mol. The van der Waals surface area contributed by atoms with E-state index >= 15 is 0 Å². The second-order valence-corrected chi connectivity index (χ2v) is 5.61. The summed E-state index contributed by atoms with van der Waals surface area (Å²) in [5.41, 5.74) is -0.0328. The summed E-state index contributed by atoms with van der Waals surface area (Å²) in [6, 6.07) is 2.55. The van der Waals surface area contributed by atoms with Crippen molar-refractivity contribution in [3.63, 3.8) is 0 Å². The third-order valence-electron chi connectivity index (χ3n) is 3.39. The van der Waals surface area contributed by atoms with Crippen LogP contribution in [0, 0.1) is 29.4 Å². The number of benzene rings is 1. The smallest absolute Gasteiger partial charge is 0.319 e. The summed E-state index contributed by atoms with van der Waals surface area (Å²) in [5.74, 6) is -0.230. The molecule has 3 nitrogen and oxygen atoms in total. The van der Waals surface area contributed by atoms with Gasteiger partial charge in [-0.15, -0.1) is 0 Å². The van der Waals surface area contributed by atoms with E-state index < -0.39 is 17.7 Å². The van der Waals surface area contributed by atoms with E-state index in [1.165, 1.54) is 6.07 Å². The van der Waals surface area contributed by atoms with Crippen LogP contribution < -0.4 is 10.6 Å². The first-order chi connectivity index (χ1) is 9.31. The molecule has 0 heterocycles. The molecule has 2 N–H and O–H groups in total. The van der Waals surface area contributed by atoms with Crippen molar-refractivity contribution in [3.8, 4) is 0 Å². The molecule has 1 aromatic carbocycles. The number of hydrogen-bond acceptors (Lipinski definition) is 1. The van der Waals surface area contributed by atoms with E-state index in [1.807, 2.05) is 0 Å². The Kier molecular flexibility index (Phi) is 5.92. The lowest BCUT2D eigenvalue weighted by Crippen LogP contribution is -2.36. The zero-order chi connectivity index (χ0) is 15.3. The van der Waals surface area contributed by atoms with Crippen LogP contribution >= 0.6 is 0 Å². The molecule has 0 fully saturated rings. The first-order valence-corrected chi connectivity index (χ1v) is 6.81. The topological polar surface area (TPSA) is 41.1 Å². The number of rotatable bonds is 5. The molecule has 0 aliphatic heterocycles. The summed E-state index contributed by atoms with van der Waals surface area (Å²) in [6.45, 7) is 8.92. The van der Waals surface area contributed by atoms with Crippen LogP contribution in [0.5, 0.6) is 0 Å². The monoisotopic (exact) mass is 284 g/mol. The predicted octanol–water partition coefficient (Wildman–Crippen LogP) is 4.01. The van der Waals surface area contributed by atoms with Crippen LogP contribution in [0.4, 0.5) is 19.3 Å². The molecule has 0 atom stereocenters. The molecule has 112 valence electrons. The van der Waals surface area contributed by atoms with Crippen LogP contribution in [0.25, 0.3) is 0 Å². The Morgan fingerprint density at radius 1 is 1.15 bits per heavy atom. The lowest BCUT2D eigenvalue weighted by Gasteiger charge is -2.25. The summed E-state index contributed by atoms with van der Waals surface area (Å²) in [5, 5.41) is 5.10. The zero-order valence-corrected chi connectivity index (χ0v) is 12.3. The number of nitrogens with one attached hydrogen (secondary N) is 2. The molecule has 0 spiro atoms. The van der Waals surface area contributed by atoms with Crippen molar-refractivity contribution < 1.29 is 13.6 Å². The van der Waals surface area contributed by atoms with Crippen molar-refractivity contribution in [1.82, 2.24) is 5.32 Å². The maximum atomic E-state index is 13.4. The largest absolute Gasteiger partial charge is 0.338 e. The molecule has 0 saturated heterocycles. The second-order valence-electron chi connectivity index (χ2n) is 5.61. The average Bonchev–Trinajstić information content (AvgIpc) is 2.32. The molecule has 0 aliphatic carbocycles. The highest BCUT2D eigenvalue weighted by atomic mass is 19.1. The van der Waals surface area contributed by atoms with E-state index in [1.54, 1.807) is 0 Å². The Hall–Kier alpha value is -1.65. The summed E-state index contributed by atoms with van der Waals surface area (Å²) in [6.07, 6.45) is 0. The summed E-state index contributed by atoms with van der Waals surface area (Å²) in [4.78, 5) is 11.7. The van der Waals surface area contributed by atoms with Crippen molar-refractivity contribution in [2.75, 3.05) is 11.9 Å². The fourth-order valence-corrected chi connectivity index (χ4v) is 2.21. The molecule has 0 saturated carbocycles. The van der Waals surface area contributed by atoms with Crippen LogP contribution in [0.3, 0.4) is 0 Å². The van der Waals surface area contributed by atoms with Crippen molar-refractivity contribution in [1.29, 1.82) is 0 Å². The van der Waals surface area contributed by atoms with Gasteiger partial charge in [0.2, 0.25) is 0 Å². The molecule has 1 rings (SSSR count). The minimum atomic E-state index is -0.788. The Balaban J connectivity index is 2.55. The molecule has 0 unspecified atom stereocenters. The Bertz CT molecular complexity index is 453. The van der Waals surface area contributed by atoms with E-state index in [4.69, 9.17) is 0 Å². The fourth-order valence-electron chi connectivity index (χ4n) is 2.21. The number of carbonyl (C=O) groups excluding carboxylic acids is 1. The Morgan fingerprint density at radius 3 is 2.25 bits per heavy atom. The second kappa shape index (κ2) is 7.22.